The van der Waals surface area contributed by atoms with Crippen molar-refractivity contribution in [3.63, 3.8) is 0 Å². The van der Waals surface area contributed by atoms with Gasteiger partial charge in [0, 0.05) is 48.0 Å². The van der Waals surface area contributed by atoms with Crippen LogP contribution in [0.5, 0.6) is 5.75 Å². The maximum atomic E-state index is 6.26. The summed E-state index contributed by atoms with van der Waals surface area (Å²) in [6.45, 7) is 5.20. The van der Waals surface area contributed by atoms with E-state index in [1.807, 2.05) is 76.0 Å². The zero-order valence-corrected chi connectivity index (χ0v) is 21.3. The monoisotopic (exact) mass is 505 g/mol. The molecular formula is C27H28ClN5OS. The fourth-order valence-electron chi connectivity index (χ4n) is 4.15. The van der Waals surface area contributed by atoms with Gasteiger partial charge in [0.1, 0.15) is 12.4 Å². The third-order valence-electron chi connectivity index (χ3n) is 6.25. The minimum Gasteiger partial charge on any atom is -0.489 e. The first-order valence-corrected chi connectivity index (χ1v) is 12.5. The number of halogens is 1. The van der Waals surface area contributed by atoms with Crippen LogP contribution in [0.3, 0.4) is 0 Å². The molecule has 1 fully saturated rings. The van der Waals surface area contributed by atoms with Crippen molar-refractivity contribution in [2.24, 2.45) is 0 Å². The number of benzene rings is 3. The molecule has 4 aromatic rings. The molecule has 0 aliphatic carbocycles. The van der Waals surface area contributed by atoms with Gasteiger partial charge in [-0.2, -0.15) is 0 Å². The van der Waals surface area contributed by atoms with Crippen molar-refractivity contribution in [1.29, 1.82) is 0 Å². The maximum absolute atomic E-state index is 6.26. The molecule has 1 aromatic heterocycles. The first-order valence-electron chi connectivity index (χ1n) is 11.7. The number of likely N-dealkylation sites (N-methyl/N-ethyl adjacent to an activating group) is 1. The van der Waals surface area contributed by atoms with E-state index in [0.717, 1.165) is 54.6 Å². The molecule has 0 amide bonds. The number of aromatic nitrogens is 3. The Morgan fingerprint density at radius 3 is 2.29 bits per heavy atom. The fourth-order valence-corrected chi connectivity index (χ4v) is 4.63. The Kier molecular flexibility index (Phi) is 7.29. The lowest BCUT2D eigenvalue weighted by Crippen LogP contribution is -2.45. The van der Waals surface area contributed by atoms with Gasteiger partial charge in [-0.15, -0.1) is 5.10 Å². The smallest absolute Gasteiger partial charge is 0.204 e. The summed E-state index contributed by atoms with van der Waals surface area (Å²) in [6, 6.07) is 25.9. The zero-order chi connectivity index (χ0) is 24.2. The van der Waals surface area contributed by atoms with Gasteiger partial charge < -0.3 is 9.64 Å². The predicted molar refractivity (Wildman–Crippen MR) is 143 cm³/mol. The number of para-hydroxylation sites is 1. The lowest BCUT2D eigenvalue weighted by molar-refractivity contribution is 0.119. The van der Waals surface area contributed by atoms with Crippen molar-refractivity contribution in [2.45, 2.75) is 13.3 Å². The largest absolute Gasteiger partial charge is 0.489 e. The van der Waals surface area contributed by atoms with E-state index in [-0.39, 0.29) is 0 Å². The standard InChI is InChI=1S/C27H28ClN5OS/c1-30-15-17-31(18-16-30)20-32-27(35)33(23-8-3-2-4-9-23)26(29-32)21-11-13-24(14-12-21)34-19-22-7-5-6-10-25(22)28/h2-14H,15-20H2,1H3. The highest BCUT2D eigenvalue weighted by Gasteiger charge is 2.19. The van der Waals surface area contributed by atoms with E-state index in [1.165, 1.54) is 0 Å². The molecule has 0 saturated carbocycles. The lowest BCUT2D eigenvalue weighted by Gasteiger charge is -2.31. The molecule has 3 aromatic carbocycles. The topological polar surface area (TPSA) is 38.5 Å². The Hall–Kier alpha value is -2.97. The Labute approximate surface area is 215 Å². The molecule has 0 radical (unpaired) electrons. The molecule has 1 saturated heterocycles. The van der Waals surface area contributed by atoms with Crippen molar-refractivity contribution < 1.29 is 4.74 Å². The van der Waals surface area contributed by atoms with Crippen LogP contribution in [-0.4, -0.2) is 57.4 Å². The minimum absolute atomic E-state index is 0.416. The number of nitrogens with zero attached hydrogens (tertiary/aromatic N) is 5. The van der Waals surface area contributed by atoms with Crippen LogP contribution in [0.4, 0.5) is 0 Å². The van der Waals surface area contributed by atoms with Gasteiger partial charge in [-0.1, -0.05) is 48.0 Å². The first-order chi connectivity index (χ1) is 17.1. The summed E-state index contributed by atoms with van der Waals surface area (Å²) >= 11 is 12.2. The third-order valence-corrected chi connectivity index (χ3v) is 7.01. The molecule has 8 heteroatoms. The molecule has 0 bridgehead atoms. The fraction of sp³-hybridized carbons (Fsp3) is 0.259. The lowest BCUT2D eigenvalue weighted by atomic mass is 10.2. The van der Waals surface area contributed by atoms with Crippen molar-refractivity contribution in [3.05, 3.63) is 94.2 Å². The molecular weight excluding hydrogens is 478 g/mol. The van der Waals surface area contributed by atoms with Gasteiger partial charge in [-0.25, -0.2) is 4.68 Å². The average molecular weight is 506 g/mol. The molecule has 5 rings (SSSR count). The summed E-state index contributed by atoms with van der Waals surface area (Å²) in [5.41, 5.74) is 2.93. The summed E-state index contributed by atoms with van der Waals surface area (Å²) in [7, 11) is 2.16. The van der Waals surface area contributed by atoms with E-state index in [9.17, 15) is 0 Å². The van der Waals surface area contributed by atoms with E-state index >= 15 is 0 Å². The van der Waals surface area contributed by atoms with E-state index in [0.29, 0.717) is 23.1 Å². The number of hydrogen-bond donors (Lipinski definition) is 0. The van der Waals surface area contributed by atoms with Crippen LogP contribution >= 0.6 is 23.8 Å². The number of piperazine rings is 1. The quantitative estimate of drug-likeness (QED) is 0.310. The minimum atomic E-state index is 0.416. The SMILES string of the molecule is CN1CCN(Cn2nc(-c3ccc(OCc4ccccc4Cl)cc3)n(-c3ccccc3)c2=S)CC1. The first kappa shape index (κ1) is 23.8. The molecule has 1 aliphatic heterocycles. The van der Waals surface area contributed by atoms with Crippen LogP contribution in [-0.2, 0) is 13.3 Å². The van der Waals surface area contributed by atoms with E-state index in [1.54, 1.807) is 0 Å². The second-order valence-electron chi connectivity index (χ2n) is 8.74. The van der Waals surface area contributed by atoms with Crippen LogP contribution in [0.15, 0.2) is 78.9 Å². The second-order valence-corrected chi connectivity index (χ2v) is 9.52. The van der Waals surface area contributed by atoms with Gasteiger partial charge in [0.2, 0.25) is 4.77 Å². The summed E-state index contributed by atoms with van der Waals surface area (Å²) in [6.07, 6.45) is 0. The summed E-state index contributed by atoms with van der Waals surface area (Å²) in [4.78, 5) is 4.74. The van der Waals surface area contributed by atoms with E-state index in [4.69, 9.17) is 33.7 Å². The summed E-state index contributed by atoms with van der Waals surface area (Å²) in [5, 5.41) is 5.67. The van der Waals surface area contributed by atoms with Gasteiger partial charge in [-0.3, -0.25) is 9.47 Å². The zero-order valence-electron chi connectivity index (χ0n) is 19.7. The number of rotatable bonds is 7. The van der Waals surface area contributed by atoms with Gasteiger partial charge in [-0.05, 0) is 61.7 Å². The molecule has 0 spiro atoms. The Balaban J connectivity index is 1.42. The maximum Gasteiger partial charge on any atom is 0.204 e. The van der Waals surface area contributed by atoms with Crippen molar-refractivity contribution in [1.82, 2.24) is 24.1 Å². The molecule has 35 heavy (non-hydrogen) atoms. The van der Waals surface area contributed by atoms with Crippen LogP contribution in [0.1, 0.15) is 5.56 Å². The van der Waals surface area contributed by atoms with Crippen LogP contribution in [0.2, 0.25) is 5.02 Å². The number of hydrogen-bond acceptors (Lipinski definition) is 5. The molecule has 0 atom stereocenters. The van der Waals surface area contributed by atoms with Gasteiger partial charge in [0.25, 0.3) is 0 Å². The summed E-state index contributed by atoms with van der Waals surface area (Å²) < 4.78 is 10.6. The second kappa shape index (κ2) is 10.7. The Morgan fingerprint density at radius 1 is 0.886 bits per heavy atom. The third kappa shape index (κ3) is 5.49. The highest BCUT2D eigenvalue weighted by atomic mass is 35.5. The predicted octanol–water partition coefficient (Wildman–Crippen LogP) is 5.51. The average Bonchev–Trinajstić information content (AvgIpc) is 3.21. The van der Waals surface area contributed by atoms with Gasteiger partial charge >= 0.3 is 0 Å². The highest BCUT2D eigenvalue weighted by Crippen LogP contribution is 2.26. The van der Waals surface area contributed by atoms with Crippen LogP contribution in [0, 0.1) is 4.77 Å². The molecule has 2 heterocycles. The highest BCUT2D eigenvalue weighted by molar-refractivity contribution is 7.71. The van der Waals surface area contributed by atoms with Gasteiger partial charge in [0.05, 0.1) is 6.67 Å². The van der Waals surface area contributed by atoms with Crippen LogP contribution < -0.4 is 4.74 Å². The normalized spacial score (nSPS) is 14.8. The van der Waals surface area contributed by atoms with Crippen molar-refractivity contribution >= 4 is 23.8 Å². The molecule has 180 valence electrons. The molecule has 0 N–H and O–H groups in total. The van der Waals surface area contributed by atoms with E-state index in [2.05, 4.69) is 29.0 Å². The molecule has 6 nitrogen and oxygen atoms in total. The van der Waals surface area contributed by atoms with Crippen molar-refractivity contribution in [3.8, 4) is 22.8 Å². The number of ether oxygens (including phenoxy) is 1. The van der Waals surface area contributed by atoms with E-state index < -0.39 is 0 Å². The molecule has 0 unspecified atom stereocenters. The molecule has 1 aliphatic rings. The van der Waals surface area contributed by atoms with Crippen LogP contribution in [0.25, 0.3) is 17.1 Å². The Bertz CT molecular complexity index is 1330. The Morgan fingerprint density at radius 2 is 1.57 bits per heavy atom. The summed E-state index contributed by atoms with van der Waals surface area (Å²) in [5.74, 6) is 1.59. The van der Waals surface area contributed by atoms with Crippen molar-refractivity contribution in [2.75, 3.05) is 33.2 Å². The van der Waals surface area contributed by atoms with Gasteiger partial charge in [0.15, 0.2) is 5.82 Å².